The molecule has 6 aliphatic heterocycles. The van der Waals surface area contributed by atoms with Gasteiger partial charge in [0.15, 0.2) is 0 Å². The highest BCUT2D eigenvalue weighted by Gasteiger charge is 2.62. The zero-order valence-electron chi connectivity index (χ0n) is 60.9. The smallest absolute Gasteiger partial charge is 0.305 e. The highest BCUT2D eigenvalue weighted by molar-refractivity contribution is 5.99. The van der Waals surface area contributed by atoms with Crippen LogP contribution < -0.4 is 0 Å². The SMILES string of the molecule is C=CC1=C(C)c2cc3[nH]c(cc4nc(cc5[nH]c(cc1n2)[C@@](C)(O)/C5=C/[C@H]1[C@@H]2c5ccccc5-c5ccccc5[C@H]2C=CC12c1cc5nc(cc6[nH]c(cc7nc(cc([nH]1)[C@@]2(C)O)C(C=C)=C7C)c(C)c6CCC(=O)OC)C(CCC(=O)OC)=C5C)C(C)=C4CCC(=O)OC)c(CCC(=O)OC)c3C. The molecule has 6 N–H and O–H groups in total. The summed E-state index contributed by atoms with van der Waals surface area (Å²) in [5.41, 5.74) is 19.4. The van der Waals surface area contributed by atoms with E-state index < -0.39 is 28.5 Å². The maximum Gasteiger partial charge on any atom is 0.305 e. The van der Waals surface area contributed by atoms with Crippen LogP contribution in [0.4, 0.5) is 0 Å². The zero-order chi connectivity index (χ0) is 73.6. The highest BCUT2D eigenvalue weighted by atomic mass is 16.5. The number of nitrogens with one attached hydrogen (secondary N) is 4. The van der Waals surface area contributed by atoms with Crippen LogP contribution >= 0.6 is 0 Å². The molecule has 104 heavy (non-hydrogen) atoms. The van der Waals surface area contributed by atoms with Crippen LogP contribution in [0.1, 0.15) is 194 Å². The van der Waals surface area contributed by atoms with Crippen molar-refractivity contribution in [3.8, 4) is 11.1 Å². The van der Waals surface area contributed by atoms with Crippen molar-refractivity contribution in [1.82, 2.24) is 39.9 Å². The van der Waals surface area contributed by atoms with Crippen molar-refractivity contribution in [2.75, 3.05) is 28.4 Å². The lowest BCUT2D eigenvalue weighted by atomic mass is 9.50. The minimum atomic E-state index is -1.84. The Balaban J connectivity index is 1.10. The molecule has 0 saturated heterocycles. The molecule has 18 heteroatoms. The van der Waals surface area contributed by atoms with Gasteiger partial charge in [0.2, 0.25) is 0 Å². The lowest BCUT2D eigenvalue weighted by molar-refractivity contribution is -0.141. The van der Waals surface area contributed by atoms with Crippen LogP contribution in [-0.4, -0.2) is 102 Å². The van der Waals surface area contributed by atoms with Crippen molar-refractivity contribution >= 4 is 96.1 Å². The second-order valence-corrected chi connectivity index (χ2v) is 28.4. The maximum atomic E-state index is 14.8. The number of esters is 4. The fourth-order valence-electron chi connectivity index (χ4n) is 17.0. The average molecular weight is 1390 g/mol. The number of allylic oxidation sites excluding steroid dienone is 12. The topological polar surface area (TPSA) is 260 Å². The van der Waals surface area contributed by atoms with Gasteiger partial charge in [-0.3, -0.25) is 19.2 Å². The summed E-state index contributed by atoms with van der Waals surface area (Å²) in [6, 6.07) is 32.7. The van der Waals surface area contributed by atoms with E-state index in [1.807, 2.05) is 97.0 Å². The molecule has 2 aromatic carbocycles. The summed E-state index contributed by atoms with van der Waals surface area (Å²) in [5.74, 6) is -2.96. The third-order valence-corrected chi connectivity index (χ3v) is 23.0. The van der Waals surface area contributed by atoms with Gasteiger partial charge in [0.05, 0.1) is 90.8 Å². The van der Waals surface area contributed by atoms with E-state index in [2.05, 4.69) is 99.9 Å². The van der Waals surface area contributed by atoms with Gasteiger partial charge in [-0.05, 0) is 208 Å². The number of ether oxygens (including phenoxy) is 4. The number of benzene rings is 2. The molecule has 530 valence electrons. The number of aryl methyl sites for hydroxylation is 4. The number of fused-ring (bicyclic) bond motifs is 23. The van der Waals surface area contributed by atoms with Gasteiger partial charge < -0.3 is 49.1 Å². The van der Waals surface area contributed by atoms with Gasteiger partial charge in [-0.1, -0.05) is 92.1 Å². The third-order valence-electron chi connectivity index (χ3n) is 23.0. The molecule has 8 aliphatic rings. The van der Waals surface area contributed by atoms with E-state index in [4.69, 9.17) is 38.9 Å². The van der Waals surface area contributed by atoms with Crippen LogP contribution in [0, 0.1) is 19.8 Å². The number of rotatable bonds is 15. The maximum absolute atomic E-state index is 14.8. The van der Waals surface area contributed by atoms with Gasteiger partial charge in [-0.2, -0.15) is 0 Å². The second-order valence-electron chi connectivity index (χ2n) is 28.4. The Morgan fingerprint density at radius 3 is 1.41 bits per heavy atom. The number of hydrogen-bond acceptors (Lipinski definition) is 14. The number of hydrogen-bond donors (Lipinski definition) is 6. The molecule has 18 nitrogen and oxygen atoms in total. The van der Waals surface area contributed by atoms with Crippen LogP contribution in [0.2, 0.25) is 0 Å². The fourth-order valence-corrected chi connectivity index (χ4v) is 17.0. The predicted octanol–water partition coefficient (Wildman–Crippen LogP) is 16.1. The Morgan fingerprint density at radius 1 is 0.490 bits per heavy atom. The molecular weight excluding hydrogens is 1300 g/mol. The molecule has 1 unspecified atom stereocenters. The summed E-state index contributed by atoms with van der Waals surface area (Å²) < 4.78 is 20.8. The van der Waals surface area contributed by atoms with Gasteiger partial charge >= 0.3 is 23.9 Å². The first-order valence-corrected chi connectivity index (χ1v) is 35.4. The molecule has 16 bridgehead atoms. The zero-order valence-corrected chi connectivity index (χ0v) is 60.9. The molecule has 14 rings (SSSR count). The lowest BCUT2D eigenvalue weighted by Crippen LogP contribution is -2.52. The minimum absolute atomic E-state index is 0.0662. The standard InChI is InChI=1S/C86H86N8O10/c1-15-50-44(3)63-36-65-46(5)52(25-29-79(95)101-11)69(87-65)39-71-54(27-31-81(97)103-13)48(7)67(89-71)38-75-61(84(9,99)76(93-75)42-73(50)90-63)35-62-83-59-24-20-19-22-57(59)56-21-17-18-23-58(56)60(83)33-34-86(62)78-41-68-49(8)55(28-32-82(98)104-14)72(92-68)40-70-53(26-30-80(96)102-12)47(6)66(88-70)37-64-45(4)51(16-2)74(91-64)43-77(94-78)85(86,10)100/h15-24,33-43,60,62,83,87-88,93-94,99-100H,1-2,25-32H2,3-14H3/b61-35+,63-36?,64-37?,71-39?,72-40?,75-38?,76-42?,77-43?,78-41?/t60-,62+,83-,84+,85-,86?/m1/s1. The van der Waals surface area contributed by atoms with Crippen LogP contribution in [0.15, 0.2) is 141 Å². The summed E-state index contributed by atoms with van der Waals surface area (Å²) >= 11 is 0. The molecule has 0 amide bonds. The Hall–Kier alpha value is -11.1. The second kappa shape index (κ2) is 26.9. The number of aromatic amines is 4. The van der Waals surface area contributed by atoms with E-state index >= 15 is 0 Å². The average Bonchev–Trinajstić information content (AvgIpc) is 1.44. The van der Waals surface area contributed by atoms with Crippen molar-refractivity contribution < 1.29 is 48.3 Å². The van der Waals surface area contributed by atoms with Crippen molar-refractivity contribution in [3.63, 3.8) is 0 Å². The largest absolute Gasteiger partial charge is 0.469 e. The molecule has 1 spiro atoms. The quantitative estimate of drug-likeness (QED) is 0.0317. The van der Waals surface area contributed by atoms with Crippen LogP contribution in [0.3, 0.4) is 0 Å². The first-order chi connectivity index (χ1) is 49.9. The summed E-state index contributed by atoms with van der Waals surface area (Å²) in [7, 11) is 5.52. The van der Waals surface area contributed by atoms with E-state index in [0.717, 1.165) is 111 Å². The first kappa shape index (κ1) is 70.0. The number of carbonyl (C=O) groups is 4. The van der Waals surface area contributed by atoms with Crippen LogP contribution in [-0.2, 0) is 67.6 Å². The molecule has 6 aromatic rings. The Kier molecular flexibility index (Phi) is 18.1. The summed E-state index contributed by atoms with van der Waals surface area (Å²) in [4.78, 5) is 88.8. The van der Waals surface area contributed by atoms with Crippen molar-refractivity contribution in [2.24, 2.45) is 5.92 Å². The van der Waals surface area contributed by atoms with E-state index in [-0.39, 0.29) is 68.3 Å². The van der Waals surface area contributed by atoms with Gasteiger partial charge in [-0.15, -0.1) is 0 Å². The molecule has 0 radical (unpaired) electrons. The monoisotopic (exact) mass is 1390 g/mol. The lowest BCUT2D eigenvalue weighted by Gasteiger charge is -2.52. The van der Waals surface area contributed by atoms with Gasteiger partial charge in [-0.25, -0.2) is 19.9 Å². The van der Waals surface area contributed by atoms with Crippen molar-refractivity contribution in [2.45, 2.75) is 135 Å². The number of carbonyl (C=O) groups excluding carboxylic acids is 4. The normalized spacial score (nSPS) is 21.2. The Morgan fingerprint density at radius 2 is 0.913 bits per heavy atom. The highest BCUT2D eigenvalue weighted by Crippen LogP contribution is 2.65. The molecule has 4 aromatic heterocycles. The van der Waals surface area contributed by atoms with Gasteiger partial charge in [0.1, 0.15) is 11.2 Å². The number of methoxy groups -OCH3 is 4. The van der Waals surface area contributed by atoms with Crippen molar-refractivity contribution in [1.29, 1.82) is 0 Å². The third kappa shape index (κ3) is 11.6. The first-order valence-electron chi connectivity index (χ1n) is 35.4. The summed E-state index contributed by atoms with van der Waals surface area (Å²) in [6.45, 7) is 24.3. The molecule has 0 saturated carbocycles. The summed E-state index contributed by atoms with van der Waals surface area (Å²) in [5, 5.41) is 29.0. The van der Waals surface area contributed by atoms with E-state index in [1.54, 1.807) is 19.1 Å². The van der Waals surface area contributed by atoms with E-state index in [1.165, 1.54) is 28.4 Å². The van der Waals surface area contributed by atoms with Crippen molar-refractivity contribution in [3.05, 3.63) is 242 Å². The molecule has 0 fully saturated rings. The molecule has 2 aliphatic carbocycles. The van der Waals surface area contributed by atoms with Gasteiger partial charge in [0, 0.05) is 93.6 Å². The number of H-pyrrole nitrogens is 4. The number of aromatic nitrogens is 8. The Labute approximate surface area is 604 Å². The number of aliphatic hydroxyl groups is 2. The van der Waals surface area contributed by atoms with Gasteiger partial charge in [0.25, 0.3) is 0 Å². The van der Waals surface area contributed by atoms with E-state index in [9.17, 15) is 29.4 Å². The van der Waals surface area contributed by atoms with Crippen LogP contribution in [0.5, 0.6) is 0 Å². The molecule has 6 atom stereocenters. The molecule has 10 heterocycles. The Bertz CT molecular complexity index is 5400. The fraction of sp³-hybridized carbons (Fsp3) is 0.302. The minimum Gasteiger partial charge on any atom is -0.469 e. The van der Waals surface area contributed by atoms with E-state index in [0.29, 0.717) is 86.7 Å². The summed E-state index contributed by atoms with van der Waals surface area (Å²) in [6.07, 6.45) is 11.8. The molecular formula is C86H86N8O10. The number of nitrogens with zero attached hydrogens (tertiary/aromatic N) is 4. The van der Waals surface area contributed by atoms with Crippen LogP contribution in [0.25, 0.3) is 83.4 Å². The predicted molar refractivity (Wildman–Crippen MR) is 406 cm³/mol.